The number of rotatable bonds is 3. The first-order valence-corrected chi connectivity index (χ1v) is 10.4. The van der Waals surface area contributed by atoms with Crippen LogP contribution < -0.4 is 5.32 Å². The minimum absolute atomic E-state index is 0.0453. The van der Waals surface area contributed by atoms with Crippen LogP contribution in [0.3, 0.4) is 0 Å². The molecule has 0 aromatic heterocycles. The SMILES string of the molecule is CS(=O)(=O)N1CCC(C(=O)N2CCNCC2c2cccc(F)c2)CC1. The van der Waals surface area contributed by atoms with Crippen LogP contribution in [-0.2, 0) is 14.8 Å². The molecule has 2 aliphatic heterocycles. The second-order valence-electron chi connectivity index (χ2n) is 6.74. The molecular formula is C17H24FN3O3S. The van der Waals surface area contributed by atoms with Gasteiger partial charge in [0.25, 0.3) is 0 Å². The molecule has 1 atom stereocenters. The number of piperidine rings is 1. The van der Waals surface area contributed by atoms with Gasteiger partial charge in [0.2, 0.25) is 15.9 Å². The van der Waals surface area contributed by atoms with Crippen LogP contribution in [0.5, 0.6) is 0 Å². The molecule has 1 aromatic rings. The number of piperazine rings is 1. The molecular weight excluding hydrogens is 345 g/mol. The molecule has 1 N–H and O–H groups in total. The van der Waals surface area contributed by atoms with Gasteiger partial charge in [-0.1, -0.05) is 12.1 Å². The van der Waals surface area contributed by atoms with Crippen LogP contribution in [0.1, 0.15) is 24.4 Å². The van der Waals surface area contributed by atoms with Crippen molar-refractivity contribution in [3.8, 4) is 0 Å². The van der Waals surface area contributed by atoms with E-state index in [2.05, 4.69) is 5.32 Å². The summed E-state index contributed by atoms with van der Waals surface area (Å²) in [5.74, 6) is -0.437. The Morgan fingerprint density at radius 1 is 1.24 bits per heavy atom. The van der Waals surface area contributed by atoms with Gasteiger partial charge in [-0.2, -0.15) is 0 Å². The maximum atomic E-state index is 13.6. The van der Waals surface area contributed by atoms with Crippen LogP contribution in [0.15, 0.2) is 24.3 Å². The molecule has 0 bridgehead atoms. The minimum Gasteiger partial charge on any atom is -0.333 e. The Morgan fingerprint density at radius 3 is 2.60 bits per heavy atom. The van der Waals surface area contributed by atoms with E-state index in [1.807, 2.05) is 11.0 Å². The summed E-state index contributed by atoms with van der Waals surface area (Å²) in [5, 5.41) is 3.26. The number of carbonyl (C=O) groups excluding carboxylic acids is 1. The summed E-state index contributed by atoms with van der Waals surface area (Å²) < 4.78 is 38.2. The molecule has 138 valence electrons. The Balaban J connectivity index is 1.72. The number of hydrogen-bond acceptors (Lipinski definition) is 4. The van der Waals surface area contributed by atoms with E-state index >= 15 is 0 Å². The topological polar surface area (TPSA) is 69.7 Å². The molecule has 2 aliphatic rings. The number of hydrogen-bond donors (Lipinski definition) is 1. The molecule has 2 fully saturated rings. The average molecular weight is 369 g/mol. The van der Waals surface area contributed by atoms with Crippen LogP contribution >= 0.6 is 0 Å². The lowest BCUT2D eigenvalue weighted by Crippen LogP contribution is -2.52. The van der Waals surface area contributed by atoms with Crippen LogP contribution in [0.2, 0.25) is 0 Å². The zero-order valence-electron chi connectivity index (χ0n) is 14.3. The predicted octanol–water partition coefficient (Wildman–Crippen LogP) is 0.970. The number of benzene rings is 1. The van der Waals surface area contributed by atoms with Gasteiger partial charge in [-0.3, -0.25) is 4.79 Å². The van der Waals surface area contributed by atoms with Crippen LogP contribution in [0, 0.1) is 11.7 Å². The van der Waals surface area contributed by atoms with Crippen molar-refractivity contribution in [3.63, 3.8) is 0 Å². The predicted molar refractivity (Wildman–Crippen MR) is 92.9 cm³/mol. The van der Waals surface area contributed by atoms with E-state index in [0.717, 1.165) is 5.56 Å². The van der Waals surface area contributed by atoms with Gasteiger partial charge in [0.1, 0.15) is 5.82 Å². The highest BCUT2D eigenvalue weighted by Crippen LogP contribution is 2.28. The van der Waals surface area contributed by atoms with E-state index in [9.17, 15) is 17.6 Å². The average Bonchev–Trinajstić information content (AvgIpc) is 2.60. The second-order valence-corrected chi connectivity index (χ2v) is 8.73. The van der Waals surface area contributed by atoms with Crippen molar-refractivity contribution in [2.75, 3.05) is 39.0 Å². The van der Waals surface area contributed by atoms with Crippen molar-refractivity contribution in [3.05, 3.63) is 35.6 Å². The van der Waals surface area contributed by atoms with Crippen LogP contribution in [0.25, 0.3) is 0 Å². The lowest BCUT2D eigenvalue weighted by molar-refractivity contribution is -0.140. The number of nitrogens with one attached hydrogen (secondary N) is 1. The number of nitrogens with zero attached hydrogens (tertiary/aromatic N) is 2. The Labute approximate surface area is 148 Å². The van der Waals surface area contributed by atoms with Gasteiger partial charge in [0.05, 0.1) is 12.3 Å². The van der Waals surface area contributed by atoms with E-state index in [1.54, 1.807) is 6.07 Å². The van der Waals surface area contributed by atoms with Gasteiger partial charge in [0.15, 0.2) is 0 Å². The summed E-state index contributed by atoms with van der Waals surface area (Å²) in [4.78, 5) is 14.8. The largest absolute Gasteiger partial charge is 0.333 e. The summed E-state index contributed by atoms with van der Waals surface area (Å²) >= 11 is 0. The van der Waals surface area contributed by atoms with Gasteiger partial charge in [-0.15, -0.1) is 0 Å². The van der Waals surface area contributed by atoms with Crippen LogP contribution in [0.4, 0.5) is 4.39 Å². The molecule has 2 saturated heterocycles. The fourth-order valence-electron chi connectivity index (χ4n) is 3.65. The van der Waals surface area contributed by atoms with Crippen molar-refractivity contribution in [2.45, 2.75) is 18.9 Å². The first kappa shape index (κ1) is 18.3. The lowest BCUT2D eigenvalue weighted by atomic mass is 9.94. The molecule has 25 heavy (non-hydrogen) atoms. The summed E-state index contributed by atoms with van der Waals surface area (Å²) in [6.45, 7) is 2.64. The molecule has 2 heterocycles. The van der Waals surface area contributed by atoms with Crippen molar-refractivity contribution in [2.24, 2.45) is 5.92 Å². The van der Waals surface area contributed by atoms with E-state index < -0.39 is 10.0 Å². The Bertz CT molecular complexity index is 732. The van der Waals surface area contributed by atoms with Gasteiger partial charge in [0, 0.05) is 38.6 Å². The Hall–Kier alpha value is -1.51. The molecule has 1 amide bonds. The molecule has 1 unspecified atom stereocenters. The Kier molecular flexibility index (Phi) is 5.41. The quantitative estimate of drug-likeness (QED) is 0.862. The van der Waals surface area contributed by atoms with E-state index in [4.69, 9.17) is 0 Å². The van der Waals surface area contributed by atoms with Gasteiger partial charge in [-0.05, 0) is 30.5 Å². The molecule has 6 nitrogen and oxygen atoms in total. The van der Waals surface area contributed by atoms with Crippen LogP contribution in [-0.4, -0.2) is 62.5 Å². The van der Waals surface area contributed by atoms with E-state index in [0.29, 0.717) is 45.6 Å². The first-order valence-electron chi connectivity index (χ1n) is 8.58. The summed E-state index contributed by atoms with van der Waals surface area (Å²) in [6, 6.07) is 6.18. The first-order chi connectivity index (χ1) is 11.9. The number of sulfonamides is 1. The molecule has 0 spiro atoms. The fourth-order valence-corrected chi connectivity index (χ4v) is 4.52. The molecule has 0 saturated carbocycles. The highest BCUT2D eigenvalue weighted by molar-refractivity contribution is 7.88. The van der Waals surface area contributed by atoms with Gasteiger partial charge < -0.3 is 10.2 Å². The summed E-state index contributed by atoms with van der Waals surface area (Å²) in [7, 11) is -3.20. The fraction of sp³-hybridized carbons (Fsp3) is 0.588. The van der Waals surface area contributed by atoms with Crippen molar-refractivity contribution in [1.82, 2.24) is 14.5 Å². The highest BCUT2D eigenvalue weighted by atomic mass is 32.2. The van der Waals surface area contributed by atoms with Crippen molar-refractivity contribution >= 4 is 15.9 Å². The molecule has 1 aromatic carbocycles. The zero-order valence-corrected chi connectivity index (χ0v) is 15.1. The van der Waals surface area contributed by atoms with E-state index in [-0.39, 0.29) is 23.7 Å². The second kappa shape index (κ2) is 7.39. The molecule has 0 aliphatic carbocycles. The zero-order chi connectivity index (χ0) is 18.0. The third-order valence-corrected chi connectivity index (χ3v) is 6.34. The number of halogens is 1. The highest BCUT2D eigenvalue weighted by Gasteiger charge is 2.35. The van der Waals surface area contributed by atoms with Crippen molar-refractivity contribution in [1.29, 1.82) is 0 Å². The monoisotopic (exact) mass is 369 g/mol. The van der Waals surface area contributed by atoms with E-state index in [1.165, 1.54) is 22.7 Å². The Morgan fingerprint density at radius 2 is 1.96 bits per heavy atom. The minimum atomic E-state index is -3.20. The molecule has 0 radical (unpaired) electrons. The standard InChI is InChI=1S/C17H24FN3O3S/c1-25(23,24)20-8-5-13(6-9-20)17(22)21-10-7-19-12-16(21)14-3-2-4-15(18)11-14/h2-4,11,13,16,19H,5-10,12H2,1H3. The maximum Gasteiger partial charge on any atom is 0.226 e. The van der Waals surface area contributed by atoms with Gasteiger partial charge >= 0.3 is 0 Å². The third-order valence-electron chi connectivity index (χ3n) is 5.03. The maximum absolute atomic E-state index is 13.6. The summed E-state index contributed by atoms with van der Waals surface area (Å²) in [6.07, 6.45) is 2.27. The number of amides is 1. The summed E-state index contributed by atoms with van der Waals surface area (Å²) in [5.41, 5.74) is 0.786. The molecule has 3 rings (SSSR count). The van der Waals surface area contributed by atoms with Crippen molar-refractivity contribution < 1.29 is 17.6 Å². The van der Waals surface area contributed by atoms with Gasteiger partial charge in [-0.25, -0.2) is 17.1 Å². The third kappa shape index (κ3) is 4.19. The normalized spacial score (nSPS) is 23.6. The number of carbonyl (C=O) groups is 1. The molecule has 8 heteroatoms. The lowest BCUT2D eigenvalue weighted by Gasteiger charge is -2.40. The smallest absolute Gasteiger partial charge is 0.226 e.